The van der Waals surface area contributed by atoms with E-state index in [1.54, 1.807) is 28.4 Å². The third kappa shape index (κ3) is 6.94. The summed E-state index contributed by atoms with van der Waals surface area (Å²) in [6.07, 6.45) is 5.28. The van der Waals surface area contributed by atoms with Crippen LogP contribution in [0.5, 0.6) is 17.2 Å². The number of guanidine groups is 1. The molecule has 2 N–H and O–H groups in total. The molecule has 7 heteroatoms. The summed E-state index contributed by atoms with van der Waals surface area (Å²) in [5, 5.41) is 6.67. The molecule has 1 rings (SSSR count). The molecule has 0 aromatic heterocycles. The Morgan fingerprint density at radius 2 is 1.72 bits per heavy atom. The highest BCUT2D eigenvalue weighted by molar-refractivity contribution is 7.98. The van der Waals surface area contributed by atoms with Crippen LogP contribution in [0.2, 0.25) is 0 Å². The Hall–Kier alpha value is -1.76. The number of ether oxygens (including phenoxy) is 3. The molecule has 0 aliphatic carbocycles. The highest BCUT2D eigenvalue weighted by Gasteiger charge is 2.15. The van der Waals surface area contributed by atoms with Gasteiger partial charge in [0.15, 0.2) is 17.5 Å². The van der Waals surface area contributed by atoms with Gasteiger partial charge in [-0.15, -0.1) is 0 Å². The lowest BCUT2D eigenvalue weighted by Crippen LogP contribution is -2.38. The molecule has 0 heterocycles. The summed E-state index contributed by atoms with van der Waals surface area (Å²) >= 11 is 1.88. The molecule has 1 aromatic rings. The van der Waals surface area contributed by atoms with Gasteiger partial charge in [0.2, 0.25) is 5.75 Å². The van der Waals surface area contributed by atoms with Crippen LogP contribution in [0.15, 0.2) is 17.1 Å². The van der Waals surface area contributed by atoms with Gasteiger partial charge >= 0.3 is 0 Å². The van der Waals surface area contributed by atoms with E-state index < -0.39 is 0 Å². The molecule has 0 aliphatic rings. The Morgan fingerprint density at radius 1 is 1.00 bits per heavy atom. The van der Waals surface area contributed by atoms with Crippen molar-refractivity contribution in [3.05, 3.63) is 17.7 Å². The molecule has 25 heavy (non-hydrogen) atoms. The second-order valence-corrected chi connectivity index (χ2v) is 6.35. The Kier molecular flexibility index (Phi) is 10.7. The van der Waals surface area contributed by atoms with Gasteiger partial charge in [-0.05, 0) is 37.3 Å². The monoisotopic (exact) mass is 369 g/mol. The van der Waals surface area contributed by atoms with Crippen LogP contribution in [0.3, 0.4) is 0 Å². The Labute approximate surface area is 155 Å². The van der Waals surface area contributed by atoms with Crippen LogP contribution >= 0.6 is 11.8 Å². The summed E-state index contributed by atoms with van der Waals surface area (Å²) in [4.78, 5) is 4.25. The number of rotatable bonds is 11. The highest BCUT2D eigenvalue weighted by atomic mass is 32.2. The van der Waals surface area contributed by atoms with Crippen LogP contribution in [0.1, 0.15) is 18.4 Å². The van der Waals surface area contributed by atoms with Gasteiger partial charge < -0.3 is 24.8 Å². The molecule has 0 saturated heterocycles. The van der Waals surface area contributed by atoms with Crippen LogP contribution in [0.25, 0.3) is 0 Å². The van der Waals surface area contributed by atoms with Gasteiger partial charge in [0.25, 0.3) is 0 Å². The van der Waals surface area contributed by atoms with Crippen molar-refractivity contribution in [2.24, 2.45) is 4.99 Å². The van der Waals surface area contributed by atoms with E-state index in [4.69, 9.17) is 14.2 Å². The summed E-state index contributed by atoms with van der Waals surface area (Å²) in [5.41, 5.74) is 1.06. The maximum Gasteiger partial charge on any atom is 0.203 e. The molecule has 0 amide bonds. The summed E-state index contributed by atoms with van der Waals surface area (Å²) in [5.74, 6) is 4.03. The molecule has 0 fully saturated rings. The van der Waals surface area contributed by atoms with E-state index in [9.17, 15) is 0 Å². The third-order valence-corrected chi connectivity index (χ3v) is 4.46. The van der Waals surface area contributed by atoms with E-state index in [0.717, 1.165) is 37.5 Å². The first kappa shape index (κ1) is 21.3. The minimum Gasteiger partial charge on any atom is -0.493 e. The number of benzene rings is 1. The van der Waals surface area contributed by atoms with E-state index >= 15 is 0 Å². The van der Waals surface area contributed by atoms with Crippen molar-refractivity contribution in [2.45, 2.75) is 19.3 Å². The molecule has 0 aliphatic heterocycles. The number of thioether (sulfide) groups is 1. The fourth-order valence-electron chi connectivity index (χ4n) is 2.47. The highest BCUT2D eigenvalue weighted by Crippen LogP contribution is 2.39. The van der Waals surface area contributed by atoms with E-state index in [-0.39, 0.29) is 0 Å². The van der Waals surface area contributed by atoms with Crippen molar-refractivity contribution in [3.8, 4) is 17.2 Å². The van der Waals surface area contributed by atoms with Crippen molar-refractivity contribution in [2.75, 3.05) is 53.5 Å². The molecule has 0 saturated carbocycles. The van der Waals surface area contributed by atoms with Crippen molar-refractivity contribution in [3.63, 3.8) is 0 Å². The number of nitrogens with one attached hydrogen (secondary N) is 2. The van der Waals surface area contributed by atoms with Gasteiger partial charge in [-0.3, -0.25) is 4.99 Å². The number of unbranched alkanes of at least 4 members (excludes halogenated alkanes) is 1. The molecular formula is C18H31N3O3S. The summed E-state index contributed by atoms with van der Waals surface area (Å²) in [6, 6.07) is 3.90. The lowest BCUT2D eigenvalue weighted by molar-refractivity contribution is 0.322. The predicted octanol–water partition coefficient (Wildman–Crippen LogP) is 2.56. The summed E-state index contributed by atoms with van der Waals surface area (Å²) in [7, 11) is 6.66. The second kappa shape index (κ2) is 12.6. The average molecular weight is 370 g/mol. The number of nitrogens with zero attached hydrogens (tertiary/aromatic N) is 1. The SMILES string of the molecule is CN=C(NCCCCSC)NCCc1ccc(OC)c(OC)c1OC. The molecule has 6 nitrogen and oxygen atoms in total. The zero-order valence-corrected chi connectivity index (χ0v) is 16.8. The number of hydrogen-bond acceptors (Lipinski definition) is 5. The first-order chi connectivity index (χ1) is 12.2. The molecule has 0 radical (unpaired) electrons. The van der Waals surface area contributed by atoms with Crippen LogP contribution in [-0.4, -0.2) is 59.4 Å². The Morgan fingerprint density at radius 3 is 2.32 bits per heavy atom. The van der Waals surface area contributed by atoms with Crippen molar-refractivity contribution < 1.29 is 14.2 Å². The number of hydrogen-bond donors (Lipinski definition) is 2. The van der Waals surface area contributed by atoms with Crippen molar-refractivity contribution >= 4 is 17.7 Å². The molecule has 0 spiro atoms. The quantitative estimate of drug-likeness (QED) is 0.355. The molecule has 0 atom stereocenters. The smallest absolute Gasteiger partial charge is 0.203 e. The topological polar surface area (TPSA) is 64.1 Å². The van der Waals surface area contributed by atoms with Crippen LogP contribution in [0, 0.1) is 0 Å². The van der Waals surface area contributed by atoms with E-state index in [2.05, 4.69) is 21.9 Å². The van der Waals surface area contributed by atoms with Gasteiger partial charge in [-0.2, -0.15) is 11.8 Å². The van der Waals surface area contributed by atoms with Gasteiger partial charge in [-0.1, -0.05) is 6.07 Å². The fourth-order valence-corrected chi connectivity index (χ4v) is 2.97. The zero-order chi connectivity index (χ0) is 18.5. The normalized spacial score (nSPS) is 11.2. The molecule has 142 valence electrons. The van der Waals surface area contributed by atoms with E-state index in [1.165, 1.54) is 12.2 Å². The van der Waals surface area contributed by atoms with Gasteiger partial charge in [0, 0.05) is 25.7 Å². The largest absolute Gasteiger partial charge is 0.493 e. The Balaban J connectivity index is 2.54. The summed E-state index contributed by atoms with van der Waals surface area (Å²) in [6.45, 7) is 1.68. The van der Waals surface area contributed by atoms with Gasteiger partial charge in [0.05, 0.1) is 21.3 Å². The lowest BCUT2D eigenvalue weighted by Gasteiger charge is -2.16. The van der Waals surface area contributed by atoms with Gasteiger partial charge in [0.1, 0.15) is 0 Å². The maximum atomic E-state index is 5.52. The average Bonchev–Trinajstić information content (AvgIpc) is 2.65. The zero-order valence-electron chi connectivity index (χ0n) is 16.0. The minimum absolute atomic E-state index is 0.624. The first-order valence-corrected chi connectivity index (χ1v) is 9.82. The van der Waals surface area contributed by atoms with Crippen LogP contribution in [-0.2, 0) is 6.42 Å². The fraction of sp³-hybridized carbons (Fsp3) is 0.611. The number of aliphatic imine (C=N–C) groups is 1. The molecule has 0 bridgehead atoms. The van der Waals surface area contributed by atoms with E-state index in [1.807, 2.05) is 23.9 Å². The second-order valence-electron chi connectivity index (χ2n) is 5.37. The maximum absolute atomic E-state index is 5.52. The standard InChI is InChI=1S/C18H31N3O3S/c1-19-18(20-11-6-7-13-25-5)21-12-10-14-8-9-15(22-2)17(24-4)16(14)23-3/h8-9H,6-7,10-13H2,1-5H3,(H2,19,20,21). The van der Waals surface area contributed by atoms with Crippen LogP contribution < -0.4 is 24.8 Å². The minimum atomic E-state index is 0.624. The summed E-state index contributed by atoms with van der Waals surface area (Å²) < 4.78 is 16.3. The van der Waals surface area contributed by atoms with Crippen molar-refractivity contribution in [1.29, 1.82) is 0 Å². The van der Waals surface area contributed by atoms with Crippen molar-refractivity contribution in [1.82, 2.24) is 10.6 Å². The molecule has 0 unspecified atom stereocenters. The number of methoxy groups -OCH3 is 3. The predicted molar refractivity (Wildman–Crippen MR) is 107 cm³/mol. The third-order valence-electron chi connectivity index (χ3n) is 3.76. The Bertz CT molecular complexity index is 539. The first-order valence-electron chi connectivity index (χ1n) is 8.43. The van der Waals surface area contributed by atoms with Gasteiger partial charge in [-0.25, -0.2) is 0 Å². The van der Waals surface area contributed by atoms with Crippen LogP contribution in [0.4, 0.5) is 0 Å². The molecular weight excluding hydrogens is 338 g/mol. The molecule has 1 aromatic carbocycles. The van der Waals surface area contributed by atoms with E-state index in [0.29, 0.717) is 17.2 Å². The lowest BCUT2D eigenvalue weighted by atomic mass is 10.1.